The molecule has 0 saturated carbocycles. The molecule has 0 amide bonds. The van der Waals surface area contributed by atoms with Crippen LogP contribution in [-0.4, -0.2) is 24.8 Å². The molecule has 0 bridgehead atoms. The number of benzene rings is 2. The van der Waals surface area contributed by atoms with E-state index in [1.54, 1.807) is 24.3 Å². The van der Waals surface area contributed by atoms with Crippen molar-refractivity contribution in [2.75, 3.05) is 13.7 Å². The van der Waals surface area contributed by atoms with Crippen LogP contribution < -0.4 is 4.74 Å². The molecule has 2 aromatic carbocycles. The monoisotopic (exact) mass is 272 g/mol. The van der Waals surface area contributed by atoms with E-state index in [1.807, 2.05) is 25.1 Å². The summed E-state index contributed by atoms with van der Waals surface area (Å²) in [7, 11) is 1.31. The SMILES string of the molecule is COC(=O)COc1ccc(C)c(-c2ccccc2O)c1. The Hall–Kier alpha value is -2.49. The molecule has 0 unspecified atom stereocenters. The van der Waals surface area contributed by atoms with Gasteiger partial charge in [0.1, 0.15) is 11.5 Å². The number of esters is 1. The van der Waals surface area contributed by atoms with Crippen molar-refractivity contribution in [1.82, 2.24) is 0 Å². The van der Waals surface area contributed by atoms with E-state index in [4.69, 9.17) is 4.74 Å². The molecule has 4 heteroatoms. The lowest BCUT2D eigenvalue weighted by atomic mass is 9.99. The van der Waals surface area contributed by atoms with Gasteiger partial charge in [-0.1, -0.05) is 24.3 Å². The van der Waals surface area contributed by atoms with E-state index in [0.717, 1.165) is 16.7 Å². The van der Waals surface area contributed by atoms with Crippen molar-refractivity contribution >= 4 is 5.97 Å². The van der Waals surface area contributed by atoms with E-state index in [9.17, 15) is 9.90 Å². The zero-order valence-corrected chi connectivity index (χ0v) is 11.4. The molecule has 0 aliphatic heterocycles. The van der Waals surface area contributed by atoms with Gasteiger partial charge in [0.2, 0.25) is 0 Å². The first kappa shape index (κ1) is 13.9. The molecular formula is C16H16O4. The standard InChI is InChI=1S/C16H16O4/c1-11-7-8-12(20-10-16(18)19-2)9-14(11)13-5-3-4-6-15(13)17/h3-9,17H,10H2,1-2H3. The second-order valence-electron chi connectivity index (χ2n) is 4.36. The van der Waals surface area contributed by atoms with Crippen LogP contribution in [0.2, 0.25) is 0 Å². The molecule has 0 aliphatic carbocycles. The van der Waals surface area contributed by atoms with Crippen LogP contribution in [0.3, 0.4) is 0 Å². The van der Waals surface area contributed by atoms with Crippen molar-refractivity contribution in [3.05, 3.63) is 48.0 Å². The fourth-order valence-corrected chi connectivity index (χ4v) is 1.88. The second kappa shape index (κ2) is 6.10. The minimum Gasteiger partial charge on any atom is -0.507 e. The van der Waals surface area contributed by atoms with Crippen molar-refractivity contribution in [3.8, 4) is 22.6 Å². The Balaban J connectivity index is 2.30. The number of carbonyl (C=O) groups is 1. The Morgan fingerprint density at radius 2 is 1.90 bits per heavy atom. The highest BCUT2D eigenvalue weighted by Crippen LogP contribution is 2.33. The van der Waals surface area contributed by atoms with Gasteiger partial charge in [-0.25, -0.2) is 4.79 Å². The minimum absolute atomic E-state index is 0.139. The molecule has 4 nitrogen and oxygen atoms in total. The molecule has 0 saturated heterocycles. The Morgan fingerprint density at radius 1 is 1.15 bits per heavy atom. The molecule has 2 rings (SSSR count). The van der Waals surface area contributed by atoms with Crippen LogP contribution in [0.1, 0.15) is 5.56 Å². The first-order valence-electron chi connectivity index (χ1n) is 6.20. The first-order valence-corrected chi connectivity index (χ1v) is 6.20. The Kier molecular flexibility index (Phi) is 4.25. The van der Waals surface area contributed by atoms with Crippen LogP contribution in [0, 0.1) is 6.92 Å². The number of hydrogen-bond donors (Lipinski definition) is 1. The van der Waals surface area contributed by atoms with E-state index in [1.165, 1.54) is 7.11 Å². The van der Waals surface area contributed by atoms with Crippen molar-refractivity contribution in [1.29, 1.82) is 0 Å². The normalized spacial score (nSPS) is 10.1. The van der Waals surface area contributed by atoms with Crippen LogP contribution in [0.25, 0.3) is 11.1 Å². The molecule has 0 heterocycles. The van der Waals surface area contributed by atoms with Gasteiger partial charge in [0, 0.05) is 5.56 Å². The molecule has 0 aromatic heterocycles. The van der Waals surface area contributed by atoms with Gasteiger partial charge in [0.05, 0.1) is 7.11 Å². The lowest BCUT2D eigenvalue weighted by Gasteiger charge is -2.11. The number of phenols is 1. The first-order chi connectivity index (χ1) is 9.61. The number of hydrogen-bond acceptors (Lipinski definition) is 4. The quantitative estimate of drug-likeness (QED) is 0.869. The predicted octanol–water partition coefficient (Wildman–Crippen LogP) is 2.92. The fraction of sp³-hybridized carbons (Fsp3) is 0.188. The maximum Gasteiger partial charge on any atom is 0.343 e. The maximum absolute atomic E-state index is 11.1. The number of ether oxygens (including phenoxy) is 2. The molecule has 20 heavy (non-hydrogen) atoms. The Bertz CT molecular complexity index is 620. The number of phenolic OH excluding ortho intramolecular Hbond substituents is 1. The fourth-order valence-electron chi connectivity index (χ4n) is 1.88. The highest BCUT2D eigenvalue weighted by Gasteiger charge is 2.09. The summed E-state index contributed by atoms with van der Waals surface area (Å²) < 4.78 is 9.89. The average Bonchev–Trinajstić information content (AvgIpc) is 2.47. The van der Waals surface area contributed by atoms with Crippen LogP contribution in [-0.2, 0) is 9.53 Å². The molecule has 0 atom stereocenters. The van der Waals surface area contributed by atoms with Gasteiger partial charge >= 0.3 is 5.97 Å². The van der Waals surface area contributed by atoms with E-state index in [2.05, 4.69) is 4.74 Å². The van der Waals surface area contributed by atoms with Gasteiger partial charge in [-0.3, -0.25) is 0 Å². The van der Waals surface area contributed by atoms with Crippen molar-refractivity contribution < 1.29 is 19.4 Å². The Morgan fingerprint density at radius 3 is 2.60 bits per heavy atom. The van der Waals surface area contributed by atoms with Gasteiger partial charge in [-0.2, -0.15) is 0 Å². The highest BCUT2D eigenvalue weighted by molar-refractivity contribution is 5.74. The number of carbonyl (C=O) groups excluding carboxylic acids is 1. The van der Waals surface area contributed by atoms with E-state index < -0.39 is 5.97 Å². The van der Waals surface area contributed by atoms with Gasteiger partial charge in [0.25, 0.3) is 0 Å². The van der Waals surface area contributed by atoms with E-state index in [-0.39, 0.29) is 12.4 Å². The third-order valence-corrected chi connectivity index (χ3v) is 2.99. The smallest absolute Gasteiger partial charge is 0.343 e. The molecule has 104 valence electrons. The van der Waals surface area contributed by atoms with Crippen LogP contribution in [0.5, 0.6) is 11.5 Å². The number of aryl methyl sites for hydroxylation is 1. The summed E-state index contributed by atoms with van der Waals surface area (Å²) in [6.45, 7) is 1.81. The highest BCUT2D eigenvalue weighted by atomic mass is 16.6. The van der Waals surface area contributed by atoms with E-state index >= 15 is 0 Å². The summed E-state index contributed by atoms with van der Waals surface area (Å²) in [4.78, 5) is 11.1. The molecule has 0 spiro atoms. The molecule has 1 N–H and O–H groups in total. The maximum atomic E-state index is 11.1. The van der Waals surface area contributed by atoms with Gasteiger partial charge < -0.3 is 14.6 Å². The largest absolute Gasteiger partial charge is 0.507 e. The summed E-state index contributed by atoms with van der Waals surface area (Å²) in [5.41, 5.74) is 2.61. The predicted molar refractivity (Wildman–Crippen MR) is 75.8 cm³/mol. The molecule has 0 radical (unpaired) electrons. The minimum atomic E-state index is -0.435. The molecule has 0 fully saturated rings. The van der Waals surface area contributed by atoms with Gasteiger partial charge in [0.15, 0.2) is 6.61 Å². The third-order valence-electron chi connectivity index (χ3n) is 2.99. The second-order valence-corrected chi connectivity index (χ2v) is 4.36. The van der Waals surface area contributed by atoms with Gasteiger partial charge in [-0.15, -0.1) is 0 Å². The summed E-state index contributed by atoms with van der Waals surface area (Å²) in [6, 6.07) is 12.6. The summed E-state index contributed by atoms with van der Waals surface area (Å²) in [6.07, 6.45) is 0. The number of rotatable bonds is 4. The lowest BCUT2D eigenvalue weighted by Crippen LogP contribution is -2.12. The molecule has 0 aliphatic rings. The van der Waals surface area contributed by atoms with Crippen molar-refractivity contribution in [2.24, 2.45) is 0 Å². The van der Waals surface area contributed by atoms with Gasteiger partial charge in [-0.05, 0) is 36.2 Å². The summed E-state index contributed by atoms with van der Waals surface area (Å²) >= 11 is 0. The van der Waals surface area contributed by atoms with Crippen LogP contribution >= 0.6 is 0 Å². The Labute approximate surface area is 117 Å². The third kappa shape index (κ3) is 3.09. The zero-order valence-electron chi connectivity index (χ0n) is 11.4. The average molecular weight is 272 g/mol. The molecular weight excluding hydrogens is 256 g/mol. The topological polar surface area (TPSA) is 55.8 Å². The summed E-state index contributed by atoms with van der Waals surface area (Å²) in [5.74, 6) is 0.328. The number of methoxy groups -OCH3 is 1. The van der Waals surface area contributed by atoms with Crippen molar-refractivity contribution in [3.63, 3.8) is 0 Å². The van der Waals surface area contributed by atoms with Crippen LogP contribution in [0.15, 0.2) is 42.5 Å². The lowest BCUT2D eigenvalue weighted by molar-refractivity contribution is -0.142. The number of aromatic hydroxyl groups is 1. The van der Waals surface area contributed by atoms with Crippen molar-refractivity contribution in [2.45, 2.75) is 6.92 Å². The van der Waals surface area contributed by atoms with Crippen LogP contribution in [0.4, 0.5) is 0 Å². The van der Waals surface area contributed by atoms with E-state index in [0.29, 0.717) is 5.75 Å². The summed E-state index contributed by atoms with van der Waals surface area (Å²) in [5, 5.41) is 9.92. The molecule has 2 aromatic rings. The number of para-hydroxylation sites is 1. The zero-order chi connectivity index (χ0) is 14.5.